The first-order valence-corrected chi connectivity index (χ1v) is 8.64. The lowest BCUT2D eigenvalue weighted by atomic mass is 9.80. The molecule has 25 heavy (non-hydrogen) atoms. The lowest BCUT2D eigenvalue weighted by molar-refractivity contribution is 0.187. The maximum atomic E-state index is 10.1. The Morgan fingerprint density at radius 3 is 2.44 bits per heavy atom. The number of para-hydroxylation sites is 1. The summed E-state index contributed by atoms with van der Waals surface area (Å²) in [6.07, 6.45) is 2.56. The molecule has 2 heterocycles. The highest BCUT2D eigenvalue weighted by molar-refractivity contribution is 5.31. The predicted octanol–water partition coefficient (Wildman–Crippen LogP) is 2.40. The van der Waals surface area contributed by atoms with Crippen LogP contribution in [0.3, 0.4) is 0 Å². The lowest BCUT2D eigenvalue weighted by Crippen LogP contribution is -2.34. The van der Waals surface area contributed by atoms with Crippen molar-refractivity contribution in [1.82, 2.24) is 19.7 Å². The number of hydrogen-bond acceptors (Lipinski definition) is 4. The largest absolute Gasteiger partial charge is 0.395 e. The highest BCUT2D eigenvalue weighted by Crippen LogP contribution is 2.34. The molecule has 0 amide bonds. The molecule has 5 nitrogen and oxygen atoms in total. The van der Waals surface area contributed by atoms with Gasteiger partial charge in [-0.3, -0.25) is 4.90 Å². The summed E-state index contributed by atoms with van der Waals surface area (Å²) < 4.78 is 1.89. The number of hydrogen-bond donors (Lipinski definition) is 1. The van der Waals surface area contributed by atoms with Gasteiger partial charge in [-0.05, 0) is 30.7 Å². The third-order valence-corrected chi connectivity index (χ3v) is 5.11. The summed E-state index contributed by atoms with van der Waals surface area (Å²) in [6.45, 7) is 2.66. The van der Waals surface area contributed by atoms with E-state index < -0.39 is 0 Å². The molecule has 128 valence electrons. The molecule has 1 aliphatic heterocycles. The third kappa shape index (κ3) is 3.08. The van der Waals surface area contributed by atoms with E-state index in [0.29, 0.717) is 0 Å². The van der Waals surface area contributed by atoms with Crippen LogP contribution >= 0.6 is 0 Å². The molecule has 3 aromatic rings. The Bertz CT molecular complexity index is 818. The Morgan fingerprint density at radius 2 is 1.72 bits per heavy atom. The van der Waals surface area contributed by atoms with Gasteiger partial charge in [0.2, 0.25) is 0 Å². The minimum atomic E-state index is -0.182. The number of benzene rings is 2. The first kappa shape index (κ1) is 16.0. The van der Waals surface area contributed by atoms with Gasteiger partial charge in [0.15, 0.2) is 0 Å². The Morgan fingerprint density at radius 1 is 1.00 bits per heavy atom. The fourth-order valence-electron chi connectivity index (χ4n) is 3.70. The van der Waals surface area contributed by atoms with Crippen LogP contribution in [0, 0.1) is 0 Å². The van der Waals surface area contributed by atoms with Crippen molar-refractivity contribution >= 4 is 0 Å². The molecule has 1 fully saturated rings. The van der Waals surface area contributed by atoms with Gasteiger partial charge in [-0.1, -0.05) is 48.5 Å². The number of aliphatic hydroxyl groups is 1. The van der Waals surface area contributed by atoms with Crippen LogP contribution in [0.15, 0.2) is 67.0 Å². The molecule has 1 aliphatic rings. The summed E-state index contributed by atoms with van der Waals surface area (Å²) in [5.41, 5.74) is 2.05. The van der Waals surface area contributed by atoms with Gasteiger partial charge in [0, 0.05) is 12.0 Å². The second kappa shape index (κ2) is 6.78. The molecule has 4 rings (SSSR count). The Hall–Kier alpha value is -2.50. The normalized spacial score (nSPS) is 20.8. The third-order valence-electron chi connectivity index (χ3n) is 5.11. The van der Waals surface area contributed by atoms with Crippen molar-refractivity contribution in [3.8, 4) is 5.69 Å². The number of aliphatic hydroxyl groups excluding tert-OH is 1. The van der Waals surface area contributed by atoms with Gasteiger partial charge >= 0.3 is 0 Å². The van der Waals surface area contributed by atoms with E-state index >= 15 is 0 Å². The van der Waals surface area contributed by atoms with Crippen LogP contribution in [0.2, 0.25) is 0 Å². The summed E-state index contributed by atoms with van der Waals surface area (Å²) in [7, 11) is 0. The smallest absolute Gasteiger partial charge is 0.146 e. The molecule has 0 radical (unpaired) electrons. The van der Waals surface area contributed by atoms with Gasteiger partial charge in [0.25, 0.3) is 0 Å². The van der Waals surface area contributed by atoms with Crippen molar-refractivity contribution in [2.24, 2.45) is 0 Å². The minimum Gasteiger partial charge on any atom is -0.395 e. The van der Waals surface area contributed by atoms with E-state index in [1.807, 2.05) is 53.2 Å². The van der Waals surface area contributed by atoms with E-state index in [4.69, 9.17) is 0 Å². The van der Waals surface area contributed by atoms with Gasteiger partial charge < -0.3 is 5.11 Å². The van der Waals surface area contributed by atoms with Crippen LogP contribution in [0.5, 0.6) is 0 Å². The van der Waals surface area contributed by atoms with E-state index in [1.54, 1.807) is 6.33 Å². The average molecular weight is 334 g/mol. The predicted molar refractivity (Wildman–Crippen MR) is 96.5 cm³/mol. The van der Waals surface area contributed by atoms with Crippen LogP contribution in [-0.2, 0) is 12.0 Å². The number of nitrogens with zero attached hydrogens (tertiary/aromatic N) is 4. The quantitative estimate of drug-likeness (QED) is 0.778. The second-order valence-corrected chi connectivity index (χ2v) is 6.69. The first-order valence-electron chi connectivity index (χ1n) is 8.64. The standard InChI is InChI=1S/C20H22N4O/c25-15-20(17-7-3-1-4-8-17)11-12-23(14-20)13-19-21-16-22-24(19)18-9-5-2-6-10-18/h1-10,16,25H,11-15H2. The second-order valence-electron chi connectivity index (χ2n) is 6.69. The number of aromatic nitrogens is 3. The summed E-state index contributed by atoms with van der Waals surface area (Å²) in [5.74, 6) is 0.924. The minimum absolute atomic E-state index is 0.166. The number of rotatable bonds is 5. The van der Waals surface area contributed by atoms with Crippen molar-refractivity contribution in [3.05, 3.63) is 78.4 Å². The van der Waals surface area contributed by atoms with Gasteiger partial charge in [0.1, 0.15) is 12.2 Å². The Kier molecular flexibility index (Phi) is 4.34. The highest BCUT2D eigenvalue weighted by atomic mass is 16.3. The zero-order chi connectivity index (χ0) is 17.1. The summed E-state index contributed by atoms with van der Waals surface area (Å²) in [5, 5.41) is 14.5. The molecule has 1 saturated heterocycles. The molecule has 1 N–H and O–H groups in total. The van der Waals surface area contributed by atoms with Crippen molar-refractivity contribution in [3.63, 3.8) is 0 Å². The maximum Gasteiger partial charge on any atom is 0.146 e. The molecule has 1 atom stereocenters. The fraction of sp³-hybridized carbons (Fsp3) is 0.300. The number of likely N-dealkylation sites (tertiary alicyclic amines) is 1. The molecule has 1 aromatic heterocycles. The van der Waals surface area contributed by atoms with E-state index in [9.17, 15) is 5.11 Å². The molecular weight excluding hydrogens is 312 g/mol. The topological polar surface area (TPSA) is 54.2 Å². The van der Waals surface area contributed by atoms with E-state index in [2.05, 4.69) is 27.1 Å². The van der Waals surface area contributed by atoms with Crippen LogP contribution in [0.1, 0.15) is 17.8 Å². The van der Waals surface area contributed by atoms with Crippen molar-refractivity contribution in [2.45, 2.75) is 18.4 Å². The Balaban J connectivity index is 1.53. The fourth-order valence-corrected chi connectivity index (χ4v) is 3.70. The zero-order valence-electron chi connectivity index (χ0n) is 14.1. The summed E-state index contributed by atoms with van der Waals surface area (Å²) in [6, 6.07) is 20.4. The van der Waals surface area contributed by atoms with Crippen LogP contribution in [0.25, 0.3) is 5.69 Å². The highest BCUT2D eigenvalue weighted by Gasteiger charge is 2.39. The molecule has 2 aromatic carbocycles. The molecule has 0 saturated carbocycles. The molecular formula is C20H22N4O. The van der Waals surface area contributed by atoms with E-state index in [0.717, 1.165) is 37.6 Å². The van der Waals surface area contributed by atoms with Gasteiger partial charge in [-0.25, -0.2) is 9.67 Å². The van der Waals surface area contributed by atoms with E-state index in [-0.39, 0.29) is 12.0 Å². The SMILES string of the molecule is OCC1(c2ccccc2)CCN(Cc2ncnn2-c2ccccc2)C1. The monoisotopic (exact) mass is 334 g/mol. The molecule has 5 heteroatoms. The van der Waals surface area contributed by atoms with Crippen LogP contribution in [-0.4, -0.2) is 44.5 Å². The van der Waals surface area contributed by atoms with Gasteiger partial charge in [-0.15, -0.1) is 0 Å². The van der Waals surface area contributed by atoms with Crippen molar-refractivity contribution in [1.29, 1.82) is 0 Å². The zero-order valence-corrected chi connectivity index (χ0v) is 14.1. The van der Waals surface area contributed by atoms with Crippen LogP contribution in [0.4, 0.5) is 0 Å². The van der Waals surface area contributed by atoms with E-state index in [1.165, 1.54) is 5.56 Å². The van der Waals surface area contributed by atoms with Crippen molar-refractivity contribution in [2.75, 3.05) is 19.7 Å². The summed E-state index contributed by atoms with van der Waals surface area (Å²) >= 11 is 0. The van der Waals surface area contributed by atoms with Gasteiger partial charge in [0.05, 0.1) is 18.8 Å². The maximum absolute atomic E-state index is 10.1. The molecule has 0 bridgehead atoms. The van der Waals surface area contributed by atoms with Crippen LogP contribution < -0.4 is 0 Å². The van der Waals surface area contributed by atoms with Gasteiger partial charge in [-0.2, -0.15) is 5.10 Å². The molecule has 0 aliphatic carbocycles. The molecule has 1 unspecified atom stereocenters. The van der Waals surface area contributed by atoms with Crippen molar-refractivity contribution < 1.29 is 5.11 Å². The summed E-state index contributed by atoms with van der Waals surface area (Å²) in [4.78, 5) is 6.80. The first-order chi connectivity index (χ1) is 12.3. The lowest BCUT2D eigenvalue weighted by Gasteiger charge is -2.27. The average Bonchev–Trinajstić information content (AvgIpc) is 3.31. The molecule has 0 spiro atoms. The Labute approximate surface area is 147 Å².